The number of hydrogen-bond donors (Lipinski definition) is 3. The van der Waals surface area contributed by atoms with E-state index in [2.05, 4.69) is 39.4 Å². The van der Waals surface area contributed by atoms with E-state index in [1.54, 1.807) is 12.4 Å². The van der Waals surface area contributed by atoms with Crippen LogP contribution in [0.2, 0.25) is 0 Å². The van der Waals surface area contributed by atoms with Crippen LogP contribution in [0.25, 0.3) is 11.2 Å². The Kier molecular flexibility index (Phi) is 4.27. The lowest BCUT2D eigenvalue weighted by Crippen LogP contribution is -2.45. The van der Waals surface area contributed by atoms with Gasteiger partial charge in [0.1, 0.15) is 5.52 Å². The number of carbonyl (C=O) groups is 1. The Bertz CT molecular complexity index is 651. The maximum Gasteiger partial charge on any atom is 0.320 e. The first kappa shape index (κ1) is 14.8. The van der Waals surface area contributed by atoms with Gasteiger partial charge in [-0.05, 0) is 30.7 Å². The van der Waals surface area contributed by atoms with Gasteiger partial charge in [0.05, 0.1) is 6.20 Å². The number of fused-ring (bicyclic) bond motifs is 1. The first-order valence-corrected chi connectivity index (χ1v) is 8.01. The Labute approximate surface area is 130 Å². The van der Waals surface area contributed by atoms with E-state index in [-0.39, 0.29) is 12.1 Å². The second-order valence-corrected chi connectivity index (χ2v) is 6.36. The fraction of sp³-hybridized carbons (Fsp3) is 0.562. The standard InChI is InChI=1S/C16H23N5O/c1-10(2)11-5-3-4-6-12(11)20-16(22)21-14-9-18-15-13(19-14)7-8-17-15/h7-12H,3-6H2,1-2H3,(H,17,18)(H2,19,20,21,22). The summed E-state index contributed by atoms with van der Waals surface area (Å²) in [5.74, 6) is 1.61. The van der Waals surface area contributed by atoms with Crippen LogP contribution in [0.15, 0.2) is 18.5 Å². The van der Waals surface area contributed by atoms with E-state index < -0.39 is 0 Å². The van der Waals surface area contributed by atoms with Crippen LogP contribution < -0.4 is 10.6 Å². The molecular formula is C16H23N5O. The van der Waals surface area contributed by atoms with Crippen molar-refractivity contribution in [2.75, 3.05) is 5.32 Å². The normalized spacial score (nSPS) is 22.0. The maximum atomic E-state index is 12.2. The number of aromatic amines is 1. The van der Waals surface area contributed by atoms with Gasteiger partial charge < -0.3 is 10.3 Å². The van der Waals surface area contributed by atoms with E-state index in [1.807, 2.05) is 6.07 Å². The van der Waals surface area contributed by atoms with Crippen molar-refractivity contribution in [2.45, 2.75) is 45.6 Å². The van der Waals surface area contributed by atoms with Gasteiger partial charge in [0.2, 0.25) is 0 Å². The molecule has 0 radical (unpaired) electrons. The largest absolute Gasteiger partial charge is 0.345 e. The van der Waals surface area contributed by atoms with Crippen molar-refractivity contribution >= 4 is 23.0 Å². The molecule has 118 valence electrons. The molecule has 3 N–H and O–H groups in total. The molecule has 22 heavy (non-hydrogen) atoms. The molecule has 2 heterocycles. The van der Waals surface area contributed by atoms with Gasteiger partial charge in [-0.2, -0.15) is 0 Å². The first-order chi connectivity index (χ1) is 10.6. The van der Waals surface area contributed by atoms with Crippen LogP contribution in [0.4, 0.5) is 10.6 Å². The Morgan fingerprint density at radius 1 is 1.36 bits per heavy atom. The molecule has 1 saturated carbocycles. The number of urea groups is 1. The van der Waals surface area contributed by atoms with Crippen molar-refractivity contribution < 1.29 is 4.79 Å². The molecule has 2 amide bonds. The molecule has 2 atom stereocenters. The Morgan fingerprint density at radius 2 is 2.18 bits per heavy atom. The van der Waals surface area contributed by atoms with Gasteiger partial charge >= 0.3 is 6.03 Å². The number of H-pyrrole nitrogens is 1. The summed E-state index contributed by atoms with van der Waals surface area (Å²) in [6, 6.07) is 1.89. The Morgan fingerprint density at radius 3 is 3.00 bits per heavy atom. The molecule has 1 aliphatic rings. The van der Waals surface area contributed by atoms with Gasteiger partial charge in [-0.15, -0.1) is 0 Å². The molecule has 0 aromatic carbocycles. The minimum atomic E-state index is -0.193. The van der Waals surface area contributed by atoms with Crippen molar-refractivity contribution in [1.82, 2.24) is 20.3 Å². The van der Waals surface area contributed by atoms with E-state index in [0.717, 1.165) is 17.6 Å². The van der Waals surface area contributed by atoms with Crippen LogP contribution in [0.1, 0.15) is 39.5 Å². The molecular weight excluding hydrogens is 278 g/mol. The Hall–Kier alpha value is -2.11. The van der Waals surface area contributed by atoms with Gasteiger partial charge in [0.15, 0.2) is 11.5 Å². The first-order valence-electron chi connectivity index (χ1n) is 8.01. The van der Waals surface area contributed by atoms with E-state index in [4.69, 9.17) is 0 Å². The summed E-state index contributed by atoms with van der Waals surface area (Å²) in [5, 5.41) is 5.91. The summed E-state index contributed by atoms with van der Waals surface area (Å²) in [7, 11) is 0. The second-order valence-electron chi connectivity index (χ2n) is 6.36. The third-order valence-corrected chi connectivity index (χ3v) is 4.49. The van der Waals surface area contributed by atoms with Crippen molar-refractivity contribution in [1.29, 1.82) is 0 Å². The number of hydrogen-bond acceptors (Lipinski definition) is 3. The van der Waals surface area contributed by atoms with Gasteiger partial charge in [-0.3, -0.25) is 5.32 Å². The number of nitrogens with zero attached hydrogens (tertiary/aromatic N) is 2. The van der Waals surface area contributed by atoms with E-state index in [0.29, 0.717) is 17.7 Å². The predicted octanol–water partition coefficient (Wildman–Crippen LogP) is 3.29. The zero-order valence-electron chi connectivity index (χ0n) is 13.1. The highest BCUT2D eigenvalue weighted by Gasteiger charge is 2.28. The summed E-state index contributed by atoms with van der Waals surface area (Å²) in [6.45, 7) is 4.46. The molecule has 0 spiro atoms. The Balaban J connectivity index is 1.63. The molecule has 0 saturated heterocycles. The minimum Gasteiger partial charge on any atom is -0.345 e. The monoisotopic (exact) mass is 301 g/mol. The lowest BCUT2D eigenvalue weighted by molar-refractivity contribution is 0.200. The number of aromatic nitrogens is 3. The van der Waals surface area contributed by atoms with Gasteiger partial charge in [0.25, 0.3) is 0 Å². The molecule has 3 rings (SSSR count). The van der Waals surface area contributed by atoms with Crippen molar-refractivity contribution in [3.8, 4) is 0 Å². The predicted molar refractivity (Wildman–Crippen MR) is 86.6 cm³/mol. The highest BCUT2D eigenvalue weighted by Crippen LogP contribution is 2.30. The van der Waals surface area contributed by atoms with E-state index in [9.17, 15) is 4.79 Å². The highest BCUT2D eigenvalue weighted by atomic mass is 16.2. The van der Waals surface area contributed by atoms with Crippen LogP contribution >= 0.6 is 0 Å². The van der Waals surface area contributed by atoms with E-state index in [1.165, 1.54) is 19.3 Å². The van der Waals surface area contributed by atoms with Crippen LogP contribution in [0.5, 0.6) is 0 Å². The molecule has 2 aromatic rings. The quantitative estimate of drug-likeness (QED) is 0.813. The molecule has 0 aliphatic heterocycles. The summed E-state index contributed by atoms with van der Waals surface area (Å²) < 4.78 is 0. The molecule has 6 nitrogen and oxygen atoms in total. The van der Waals surface area contributed by atoms with Crippen LogP contribution in [0, 0.1) is 11.8 Å². The smallest absolute Gasteiger partial charge is 0.320 e. The summed E-state index contributed by atoms with van der Waals surface area (Å²) in [5.41, 5.74) is 1.47. The van der Waals surface area contributed by atoms with Crippen molar-refractivity contribution in [2.24, 2.45) is 11.8 Å². The third-order valence-electron chi connectivity index (χ3n) is 4.49. The van der Waals surface area contributed by atoms with Crippen LogP contribution in [0.3, 0.4) is 0 Å². The number of carbonyl (C=O) groups excluding carboxylic acids is 1. The maximum absolute atomic E-state index is 12.2. The van der Waals surface area contributed by atoms with Crippen molar-refractivity contribution in [3.05, 3.63) is 18.5 Å². The average Bonchev–Trinajstić information content (AvgIpc) is 2.95. The van der Waals surface area contributed by atoms with E-state index >= 15 is 0 Å². The van der Waals surface area contributed by atoms with Crippen LogP contribution in [-0.2, 0) is 0 Å². The van der Waals surface area contributed by atoms with Gasteiger partial charge in [-0.25, -0.2) is 14.8 Å². The second kappa shape index (κ2) is 6.34. The summed E-state index contributed by atoms with van der Waals surface area (Å²) >= 11 is 0. The lowest BCUT2D eigenvalue weighted by atomic mass is 9.78. The van der Waals surface area contributed by atoms with Crippen molar-refractivity contribution in [3.63, 3.8) is 0 Å². The molecule has 1 fully saturated rings. The molecule has 2 aromatic heterocycles. The minimum absolute atomic E-state index is 0.193. The van der Waals surface area contributed by atoms with Gasteiger partial charge in [-0.1, -0.05) is 26.7 Å². The topological polar surface area (TPSA) is 82.7 Å². The summed E-state index contributed by atoms with van der Waals surface area (Å²) in [6.07, 6.45) is 8.04. The van der Waals surface area contributed by atoms with Crippen LogP contribution in [-0.4, -0.2) is 27.0 Å². The SMILES string of the molecule is CC(C)C1CCCCC1NC(=O)Nc1cnc2[nH]ccc2n1. The number of rotatable bonds is 3. The highest BCUT2D eigenvalue weighted by molar-refractivity contribution is 5.89. The zero-order chi connectivity index (χ0) is 15.5. The molecule has 0 bridgehead atoms. The number of anilines is 1. The zero-order valence-corrected chi connectivity index (χ0v) is 13.1. The number of nitrogens with one attached hydrogen (secondary N) is 3. The number of amides is 2. The molecule has 2 unspecified atom stereocenters. The molecule has 6 heteroatoms. The fourth-order valence-corrected chi connectivity index (χ4v) is 3.35. The van der Waals surface area contributed by atoms with Gasteiger partial charge in [0, 0.05) is 12.2 Å². The third kappa shape index (κ3) is 3.21. The molecule has 1 aliphatic carbocycles. The lowest BCUT2D eigenvalue weighted by Gasteiger charge is -2.34. The fourth-order valence-electron chi connectivity index (χ4n) is 3.35. The summed E-state index contributed by atoms with van der Waals surface area (Å²) in [4.78, 5) is 23.8. The average molecular weight is 301 g/mol.